The van der Waals surface area contributed by atoms with Gasteiger partial charge < -0.3 is 10.5 Å². The van der Waals surface area contributed by atoms with Gasteiger partial charge >= 0.3 is 0 Å². The summed E-state index contributed by atoms with van der Waals surface area (Å²) in [5, 5.41) is 0. The zero-order valence-electron chi connectivity index (χ0n) is 8.32. The lowest BCUT2D eigenvalue weighted by atomic mass is 10.1. The van der Waals surface area contributed by atoms with E-state index in [9.17, 15) is 4.79 Å². The molecule has 2 N–H and O–H groups in total. The lowest BCUT2D eigenvalue weighted by Gasteiger charge is -2.21. The van der Waals surface area contributed by atoms with Crippen molar-refractivity contribution in [3.05, 3.63) is 0 Å². The van der Waals surface area contributed by atoms with E-state index in [1.54, 1.807) is 7.11 Å². The third-order valence-corrected chi connectivity index (χ3v) is 2.68. The molecule has 1 aliphatic rings. The van der Waals surface area contributed by atoms with Crippen molar-refractivity contribution in [3.8, 4) is 0 Å². The standard InChI is InChI=1S/C9H18N2O2/c1-7(9(10)12)11-4-3-8(5-11)6-13-2/h7-8H,3-6H2,1-2H3,(H2,10,12). The summed E-state index contributed by atoms with van der Waals surface area (Å²) in [4.78, 5) is 13.0. The minimum absolute atomic E-state index is 0.137. The maximum absolute atomic E-state index is 10.9. The van der Waals surface area contributed by atoms with E-state index < -0.39 is 0 Å². The number of carbonyl (C=O) groups is 1. The summed E-state index contributed by atoms with van der Waals surface area (Å²) < 4.78 is 5.07. The number of ether oxygens (including phenoxy) is 1. The summed E-state index contributed by atoms with van der Waals surface area (Å²) in [6, 6.07) is -0.137. The molecular weight excluding hydrogens is 168 g/mol. The molecule has 1 rings (SSSR count). The van der Waals surface area contributed by atoms with Crippen LogP contribution in [-0.2, 0) is 9.53 Å². The Kier molecular flexibility index (Phi) is 3.69. The van der Waals surface area contributed by atoms with E-state index in [1.165, 1.54) is 0 Å². The Balaban J connectivity index is 2.36. The van der Waals surface area contributed by atoms with E-state index in [2.05, 4.69) is 4.90 Å². The van der Waals surface area contributed by atoms with Crippen molar-refractivity contribution in [2.24, 2.45) is 11.7 Å². The smallest absolute Gasteiger partial charge is 0.234 e. The molecule has 0 radical (unpaired) electrons. The van der Waals surface area contributed by atoms with Crippen LogP contribution in [0.5, 0.6) is 0 Å². The molecule has 0 bridgehead atoms. The first kappa shape index (κ1) is 10.5. The zero-order chi connectivity index (χ0) is 9.84. The first-order valence-corrected chi connectivity index (χ1v) is 4.67. The highest BCUT2D eigenvalue weighted by Gasteiger charge is 2.28. The molecule has 0 spiro atoms. The van der Waals surface area contributed by atoms with Gasteiger partial charge in [-0.2, -0.15) is 0 Å². The highest BCUT2D eigenvalue weighted by Crippen LogP contribution is 2.18. The number of likely N-dealkylation sites (tertiary alicyclic amines) is 1. The second-order valence-corrected chi connectivity index (χ2v) is 3.68. The number of hydrogen-bond donors (Lipinski definition) is 1. The van der Waals surface area contributed by atoms with E-state index in [-0.39, 0.29) is 11.9 Å². The molecule has 4 heteroatoms. The number of nitrogens with zero attached hydrogens (tertiary/aromatic N) is 1. The van der Waals surface area contributed by atoms with Crippen LogP contribution in [0.3, 0.4) is 0 Å². The molecule has 1 heterocycles. The van der Waals surface area contributed by atoms with Crippen molar-refractivity contribution in [2.75, 3.05) is 26.8 Å². The van der Waals surface area contributed by atoms with Gasteiger partial charge in [0.2, 0.25) is 5.91 Å². The number of nitrogens with two attached hydrogens (primary N) is 1. The predicted octanol–water partition coefficient (Wildman–Crippen LogP) is -0.171. The number of methoxy groups -OCH3 is 1. The molecule has 0 aromatic carbocycles. The van der Waals surface area contributed by atoms with Gasteiger partial charge in [0.05, 0.1) is 12.6 Å². The third-order valence-electron chi connectivity index (χ3n) is 2.68. The summed E-state index contributed by atoms with van der Waals surface area (Å²) in [5.74, 6) is 0.324. The molecule has 4 nitrogen and oxygen atoms in total. The van der Waals surface area contributed by atoms with Crippen LogP contribution in [0.25, 0.3) is 0 Å². The predicted molar refractivity (Wildman–Crippen MR) is 50.2 cm³/mol. The Morgan fingerprint density at radius 2 is 2.46 bits per heavy atom. The largest absolute Gasteiger partial charge is 0.384 e. The third kappa shape index (κ3) is 2.67. The van der Waals surface area contributed by atoms with Crippen LogP contribution in [0.15, 0.2) is 0 Å². The van der Waals surface area contributed by atoms with Crippen LogP contribution < -0.4 is 5.73 Å². The monoisotopic (exact) mass is 186 g/mol. The average molecular weight is 186 g/mol. The van der Waals surface area contributed by atoms with Crippen LogP contribution >= 0.6 is 0 Å². The van der Waals surface area contributed by atoms with E-state index in [4.69, 9.17) is 10.5 Å². The molecule has 2 atom stereocenters. The molecule has 0 aromatic heterocycles. The number of primary amides is 1. The Hall–Kier alpha value is -0.610. The van der Waals surface area contributed by atoms with Crippen molar-refractivity contribution >= 4 is 5.91 Å². The number of hydrogen-bond acceptors (Lipinski definition) is 3. The van der Waals surface area contributed by atoms with Gasteiger partial charge in [-0.3, -0.25) is 9.69 Å². The second kappa shape index (κ2) is 4.58. The molecule has 1 saturated heterocycles. The molecule has 2 unspecified atom stereocenters. The lowest BCUT2D eigenvalue weighted by molar-refractivity contribution is -0.122. The van der Waals surface area contributed by atoms with Crippen molar-refractivity contribution < 1.29 is 9.53 Å². The van der Waals surface area contributed by atoms with E-state index in [0.29, 0.717) is 5.92 Å². The summed E-state index contributed by atoms with van der Waals surface area (Å²) in [7, 11) is 1.71. The fourth-order valence-corrected chi connectivity index (χ4v) is 1.77. The van der Waals surface area contributed by atoms with Gasteiger partial charge in [-0.1, -0.05) is 0 Å². The summed E-state index contributed by atoms with van der Waals surface area (Å²) >= 11 is 0. The van der Waals surface area contributed by atoms with Crippen molar-refractivity contribution in [1.29, 1.82) is 0 Å². The van der Waals surface area contributed by atoms with Gasteiger partial charge in [0.1, 0.15) is 0 Å². The Morgan fingerprint density at radius 1 is 1.77 bits per heavy atom. The minimum atomic E-state index is -0.238. The first-order chi connectivity index (χ1) is 6.15. The number of amides is 1. The molecule has 13 heavy (non-hydrogen) atoms. The average Bonchev–Trinajstić information content (AvgIpc) is 2.52. The second-order valence-electron chi connectivity index (χ2n) is 3.68. The summed E-state index contributed by atoms with van der Waals surface area (Å²) in [6.45, 7) is 4.52. The Labute approximate surface area is 79.0 Å². The maximum Gasteiger partial charge on any atom is 0.234 e. The van der Waals surface area contributed by atoms with Crippen LogP contribution in [0.1, 0.15) is 13.3 Å². The fourth-order valence-electron chi connectivity index (χ4n) is 1.77. The van der Waals surface area contributed by atoms with Gasteiger partial charge in [-0.15, -0.1) is 0 Å². The van der Waals surface area contributed by atoms with Crippen LogP contribution in [0.4, 0.5) is 0 Å². The zero-order valence-corrected chi connectivity index (χ0v) is 8.32. The highest BCUT2D eigenvalue weighted by atomic mass is 16.5. The summed E-state index contributed by atoms with van der Waals surface area (Å²) in [5.41, 5.74) is 5.22. The molecular formula is C9H18N2O2. The van der Waals surface area contributed by atoms with Gasteiger partial charge in [-0.05, 0) is 25.8 Å². The van der Waals surface area contributed by atoms with Crippen LogP contribution in [0.2, 0.25) is 0 Å². The van der Waals surface area contributed by atoms with E-state index in [0.717, 1.165) is 26.1 Å². The van der Waals surface area contributed by atoms with Gasteiger partial charge in [-0.25, -0.2) is 0 Å². The number of rotatable bonds is 4. The Morgan fingerprint density at radius 3 is 3.00 bits per heavy atom. The van der Waals surface area contributed by atoms with Gasteiger partial charge in [0.15, 0.2) is 0 Å². The van der Waals surface area contributed by atoms with Gasteiger partial charge in [0, 0.05) is 13.7 Å². The van der Waals surface area contributed by atoms with Crippen LogP contribution in [0, 0.1) is 5.92 Å². The van der Waals surface area contributed by atoms with Crippen molar-refractivity contribution in [2.45, 2.75) is 19.4 Å². The SMILES string of the molecule is COCC1CCN(C(C)C(N)=O)C1. The van der Waals surface area contributed by atoms with Gasteiger partial charge in [0.25, 0.3) is 0 Å². The van der Waals surface area contributed by atoms with E-state index in [1.807, 2.05) is 6.92 Å². The van der Waals surface area contributed by atoms with E-state index >= 15 is 0 Å². The molecule has 1 aliphatic heterocycles. The van der Waals surface area contributed by atoms with Crippen molar-refractivity contribution in [3.63, 3.8) is 0 Å². The van der Waals surface area contributed by atoms with Crippen LogP contribution in [-0.4, -0.2) is 43.7 Å². The molecule has 0 aliphatic carbocycles. The lowest BCUT2D eigenvalue weighted by Crippen LogP contribution is -2.41. The fraction of sp³-hybridized carbons (Fsp3) is 0.889. The maximum atomic E-state index is 10.9. The van der Waals surface area contributed by atoms with Crippen molar-refractivity contribution in [1.82, 2.24) is 4.90 Å². The number of carbonyl (C=O) groups excluding carboxylic acids is 1. The molecule has 1 fully saturated rings. The molecule has 0 aromatic rings. The molecule has 76 valence electrons. The summed E-state index contributed by atoms with van der Waals surface area (Å²) in [6.07, 6.45) is 1.10. The molecule has 1 amide bonds. The molecule has 0 saturated carbocycles. The normalized spacial score (nSPS) is 26.2. The highest BCUT2D eigenvalue weighted by molar-refractivity contribution is 5.79. The minimum Gasteiger partial charge on any atom is -0.384 e. The quantitative estimate of drug-likeness (QED) is 0.663. The topological polar surface area (TPSA) is 55.6 Å². The Bertz CT molecular complexity index is 184. The first-order valence-electron chi connectivity index (χ1n) is 4.67.